The Morgan fingerprint density at radius 2 is 2.29 bits per heavy atom. The highest BCUT2D eigenvalue weighted by Crippen LogP contribution is 2.24. The van der Waals surface area contributed by atoms with Crippen LogP contribution >= 0.6 is 11.6 Å². The number of hydrogen-bond donors (Lipinski definition) is 2. The van der Waals surface area contributed by atoms with Crippen LogP contribution in [0.1, 0.15) is 13.3 Å². The molecule has 7 nitrogen and oxygen atoms in total. The van der Waals surface area contributed by atoms with Crippen molar-refractivity contribution in [1.82, 2.24) is 14.6 Å². The Bertz CT molecular complexity index is 635. The lowest BCUT2D eigenvalue weighted by molar-refractivity contribution is -0.120. The number of halogens is 1. The van der Waals surface area contributed by atoms with Crippen LogP contribution < -0.4 is 10.6 Å². The summed E-state index contributed by atoms with van der Waals surface area (Å²) in [6, 6.07) is 1.35. The van der Waals surface area contributed by atoms with Crippen molar-refractivity contribution in [1.29, 1.82) is 0 Å². The second-order valence-corrected chi connectivity index (χ2v) is 6.92. The first kappa shape index (κ1) is 16.0. The highest BCUT2D eigenvalue weighted by molar-refractivity contribution is 7.89. The van der Waals surface area contributed by atoms with Gasteiger partial charge >= 0.3 is 0 Å². The van der Waals surface area contributed by atoms with Crippen LogP contribution in [0.5, 0.6) is 0 Å². The van der Waals surface area contributed by atoms with E-state index in [9.17, 15) is 13.2 Å². The number of aromatic nitrogens is 1. The van der Waals surface area contributed by atoms with E-state index >= 15 is 0 Å². The molecule has 21 heavy (non-hydrogen) atoms. The number of carbonyl (C=O) groups excluding carboxylic acids is 1. The molecule has 2 heterocycles. The number of amides is 1. The van der Waals surface area contributed by atoms with Crippen molar-refractivity contribution in [2.24, 2.45) is 0 Å². The lowest BCUT2D eigenvalue weighted by Crippen LogP contribution is -2.37. The predicted octanol–water partition coefficient (Wildman–Crippen LogP) is 0.677. The zero-order valence-electron chi connectivity index (χ0n) is 11.6. The zero-order valence-corrected chi connectivity index (χ0v) is 13.2. The van der Waals surface area contributed by atoms with E-state index in [2.05, 4.69) is 15.6 Å². The van der Waals surface area contributed by atoms with Gasteiger partial charge < -0.3 is 10.6 Å². The van der Waals surface area contributed by atoms with E-state index in [4.69, 9.17) is 11.6 Å². The van der Waals surface area contributed by atoms with Crippen molar-refractivity contribution in [3.05, 3.63) is 17.3 Å². The fourth-order valence-corrected chi connectivity index (χ4v) is 3.70. The molecule has 0 saturated carbocycles. The molecule has 1 amide bonds. The summed E-state index contributed by atoms with van der Waals surface area (Å²) >= 11 is 6.03. The average Bonchev–Trinajstić information content (AvgIpc) is 2.66. The van der Waals surface area contributed by atoms with Gasteiger partial charge in [-0.3, -0.25) is 4.79 Å². The third-order valence-electron chi connectivity index (χ3n) is 3.02. The first-order valence-electron chi connectivity index (χ1n) is 6.61. The maximum atomic E-state index is 12.5. The van der Waals surface area contributed by atoms with Crippen molar-refractivity contribution in [2.45, 2.75) is 18.2 Å². The lowest BCUT2D eigenvalue weighted by Gasteiger charge is -2.19. The molecular weight excluding hydrogens is 316 g/mol. The summed E-state index contributed by atoms with van der Waals surface area (Å²) in [5.74, 6) is 0.131. The zero-order chi connectivity index (χ0) is 15.5. The maximum Gasteiger partial charge on any atom is 0.245 e. The quantitative estimate of drug-likeness (QED) is 0.846. The van der Waals surface area contributed by atoms with Crippen LogP contribution in [0.4, 0.5) is 5.82 Å². The molecule has 2 rings (SSSR count). The number of carbonyl (C=O) groups is 1. The van der Waals surface area contributed by atoms with Gasteiger partial charge in [0.2, 0.25) is 15.9 Å². The molecule has 1 aromatic heterocycles. The normalized spacial score (nSPS) is 17.1. The molecule has 0 radical (unpaired) electrons. The van der Waals surface area contributed by atoms with Gasteiger partial charge in [0.25, 0.3) is 0 Å². The topological polar surface area (TPSA) is 91.4 Å². The maximum absolute atomic E-state index is 12.5. The van der Waals surface area contributed by atoms with Crippen molar-refractivity contribution in [2.75, 3.05) is 31.5 Å². The number of anilines is 1. The molecule has 9 heteroatoms. The third kappa shape index (κ3) is 3.63. The van der Waals surface area contributed by atoms with Gasteiger partial charge in [0.05, 0.1) is 11.6 Å². The summed E-state index contributed by atoms with van der Waals surface area (Å²) in [6.07, 6.45) is 1.82. The molecule has 0 atom stereocenters. The molecule has 0 bridgehead atoms. The first-order chi connectivity index (χ1) is 9.95. The third-order valence-corrected chi connectivity index (χ3v) is 5.12. The minimum absolute atomic E-state index is 0.0103. The SMILES string of the molecule is CCNc1ncc(S(=O)(=O)N2CCCNC(=O)C2)cc1Cl. The Morgan fingerprint density at radius 3 is 2.95 bits per heavy atom. The minimum Gasteiger partial charge on any atom is -0.369 e. The van der Waals surface area contributed by atoms with Gasteiger partial charge in [0, 0.05) is 25.8 Å². The van der Waals surface area contributed by atoms with Crippen LogP contribution in [0.25, 0.3) is 0 Å². The van der Waals surface area contributed by atoms with Gasteiger partial charge in [-0.25, -0.2) is 13.4 Å². The molecule has 0 unspecified atom stereocenters. The Hall–Kier alpha value is -1.38. The van der Waals surface area contributed by atoms with Crippen molar-refractivity contribution in [3.63, 3.8) is 0 Å². The fourth-order valence-electron chi connectivity index (χ4n) is 1.99. The molecule has 116 valence electrons. The summed E-state index contributed by atoms with van der Waals surface area (Å²) in [5.41, 5.74) is 0. The van der Waals surface area contributed by atoms with E-state index in [-0.39, 0.29) is 28.9 Å². The Labute approximate surface area is 128 Å². The van der Waals surface area contributed by atoms with Crippen LogP contribution in [-0.2, 0) is 14.8 Å². The van der Waals surface area contributed by atoms with Gasteiger partial charge in [0.1, 0.15) is 10.7 Å². The summed E-state index contributed by atoms with van der Waals surface area (Å²) < 4.78 is 26.2. The van der Waals surface area contributed by atoms with Gasteiger partial charge in [0.15, 0.2) is 0 Å². The molecular formula is C12H17ClN4O3S. The van der Waals surface area contributed by atoms with Crippen molar-refractivity contribution < 1.29 is 13.2 Å². The molecule has 0 aromatic carbocycles. The number of rotatable bonds is 4. The van der Waals surface area contributed by atoms with Crippen molar-refractivity contribution in [3.8, 4) is 0 Å². The second kappa shape index (κ2) is 6.59. The molecule has 2 N–H and O–H groups in total. The van der Waals surface area contributed by atoms with Crippen molar-refractivity contribution >= 4 is 33.3 Å². The summed E-state index contributed by atoms with van der Waals surface area (Å²) in [7, 11) is -3.77. The lowest BCUT2D eigenvalue weighted by atomic mass is 10.4. The smallest absolute Gasteiger partial charge is 0.245 e. The molecule has 0 aliphatic carbocycles. The molecule has 1 fully saturated rings. The van der Waals surface area contributed by atoms with E-state index in [0.29, 0.717) is 25.3 Å². The fraction of sp³-hybridized carbons (Fsp3) is 0.500. The Morgan fingerprint density at radius 1 is 1.52 bits per heavy atom. The summed E-state index contributed by atoms with van der Waals surface area (Å²) in [5, 5.41) is 5.81. The van der Waals surface area contributed by atoms with Crippen LogP contribution in [0.3, 0.4) is 0 Å². The standard InChI is InChI=1S/C12H17ClN4O3S/c1-2-14-12-10(13)6-9(7-16-12)21(19,20)17-5-3-4-15-11(18)8-17/h6-7H,2-5,8H2,1H3,(H,14,16)(H,15,18). The minimum atomic E-state index is -3.77. The number of nitrogens with one attached hydrogen (secondary N) is 2. The van der Waals surface area contributed by atoms with Gasteiger partial charge in [-0.05, 0) is 19.4 Å². The number of sulfonamides is 1. The van der Waals surface area contributed by atoms with E-state index in [1.54, 1.807) is 0 Å². The number of nitrogens with zero attached hydrogens (tertiary/aromatic N) is 2. The highest BCUT2D eigenvalue weighted by Gasteiger charge is 2.28. The van der Waals surface area contributed by atoms with Gasteiger partial charge in [-0.1, -0.05) is 11.6 Å². The molecule has 1 aliphatic heterocycles. The summed E-state index contributed by atoms with van der Waals surface area (Å²) in [4.78, 5) is 15.5. The summed E-state index contributed by atoms with van der Waals surface area (Å²) in [6.45, 7) is 3.09. The molecule has 1 aromatic rings. The molecule has 1 saturated heterocycles. The van der Waals surface area contributed by atoms with E-state index in [1.165, 1.54) is 12.3 Å². The average molecular weight is 333 g/mol. The van der Waals surface area contributed by atoms with Crippen LogP contribution in [0.2, 0.25) is 5.02 Å². The highest BCUT2D eigenvalue weighted by atomic mass is 35.5. The monoisotopic (exact) mass is 332 g/mol. The van der Waals surface area contributed by atoms with E-state index in [1.807, 2.05) is 6.92 Å². The second-order valence-electron chi connectivity index (χ2n) is 4.57. The van der Waals surface area contributed by atoms with Gasteiger partial charge in [-0.15, -0.1) is 0 Å². The van der Waals surface area contributed by atoms with Crippen LogP contribution in [-0.4, -0.2) is 49.8 Å². The predicted molar refractivity (Wildman–Crippen MR) is 79.8 cm³/mol. The number of pyridine rings is 1. The Kier molecular flexibility index (Phi) is 5.02. The van der Waals surface area contributed by atoms with Crippen LogP contribution in [0.15, 0.2) is 17.2 Å². The first-order valence-corrected chi connectivity index (χ1v) is 8.43. The van der Waals surface area contributed by atoms with E-state index in [0.717, 1.165) is 4.31 Å². The van der Waals surface area contributed by atoms with Crippen LogP contribution in [0, 0.1) is 0 Å². The Balaban J connectivity index is 2.30. The number of hydrogen-bond acceptors (Lipinski definition) is 5. The molecule has 0 spiro atoms. The largest absolute Gasteiger partial charge is 0.369 e. The molecule has 1 aliphatic rings. The van der Waals surface area contributed by atoms with E-state index < -0.39 is 10.0 Å². The van der Waals surface area contributed by atoms with Gasteiger partial charge in [-0.2, -0.15) is 4.31 Å².